The number of aliphatic hydroxyl groups excluding tert-OH is 1. The summed E-state index contributed by atoms with van der Waals surface area (Å²) >= 11 is 0. The highest BCUT2D eigenvalue weighted by Crippen LogP contribution is 2.17. The van der Waals surface area contributed by atoms with Gasteiger partial charge in [0.25, 0.3) is 5.56 Å². The number of benzene rings is 1. The molecule has 2 heterocycles. The van der Waals surface area contributed by atoms with E-state index >= 15 is 0 Å². The van der Waals surface area contributed by atoms with E-state index in [1.807, 2.05) is 0 Å². The number of fused-ring (bicyclic) bond motifs is 1. The van der Waals surface area contributed by atoms with E-state index < -0.39 is 0 Å². The number of carbonyl (C=O) groups excluding carboxylic acids is 1. The molecule has 0 amide bonds. The maximum absolute atomic E-state index is 13.3. The number of rotatable bonds is 7. The third-order valence-electron chi connectivity index (χ3n) is 3.77. The Morgan fingerprint density at radius 1 is 1.32 bits per heavy atom. The monoisotopic (exact) mass is 388 g/mol. The van der Waals surface area contributed by atoms with Gasteiger partial charge in [0, 0.05) is 19.9 Å². The molecule has 9 heteroatoms. The molecule has 3 N–H and O–H groups in total. The number of aliphatic hydroxyl groups is 1. The van der Waals surface area contributed by atoms with E-state index in [1.54, 1.807) is 19.1 Å². The van der Waals surface area contributed by atoms with Crippen LogP contribution in [0.5, 0.6) is 5.75 Å². The number of aryl methyl sites for hydroxylation is 1. The molecule has 3 aromatic rings. The summed E-state index contributed by atoms with van der Waals surface area (Å²) in [6, 6.07) is 5.99. The van der Waals surface area contributed by atoms with Gasteiger partial charge in [0.15, 0.2) is 0 Å². The second-order valence-corrected chi connectivity index (χ2v) is 5.66. The first-order valence-corrected chi connectivity index (χ1v) is 8.43. The van der Waals surface area contributed by atoms with Crippen LogP contribution in [0.1, 0.15) is 17.1 Å². The lowest BCUT2D eigenvalue weighted by atomic mass is 10.2. The summed E-state index contributed by atoms with van der Waals surface area (Å²) in [4.78, 5) is 34.0. The molecule has 148 valence electrons. The first-order chi connectivity index (χ1) is 13.6. The SMILES string of the molecule is CO.Cc1cc(OCc2nc3c(CNCC=O)nccc3c(=O)[nH]2)ccc1F. The number of carbonyl (C=O) groups is 1. The summed E-state index contributed by atoms with van der Waals surface area (Å²) in [7, 11) is 1.00. The lowest BCUT2D eigenvalue weighted by Crippen LogP contribution is -2.19. The molecule has 28 heavy (non-hydrogen) atoms. The second kappa shape index (κ2) is 10.2. The minimum atomic E-state index is -0.312. The standard InChI is InChI=1S/C18H17FN4O3.CH4O/c1-11-8-12(2-3-14(11)19)26-10-16-22-17-13(18(25)23-16)4-5-21-15(17)9-20-6-7-24;1-2/h2-5,7-8,20H,6,9-10H2,1H3,(H,22,23,25);2H,1H3. The zero-order valence-electron chi connectivity index (χ0n) is 15.5. The molecule has 1 aromatic carbocycles. The summed E-state index contributed by atoms with van der Waals surface area (Å²) in [6.07, 6.45) is 2.27. The molecule has 0 spiro atoms. The number of halogens is 1. The summed E-state index contributed by atoms with van der Waals surface area (Å²) in [5.41, 5.74) is 1.18. The molecular weight excluding hydrogens is 367 g/mol. The molecule has 8 nitrogen and oxygen atoms in total. The first-order valence-electron chi connectivity index (χ1n) is 8.43. The fourth-order valence-electron chi connectivity index (χ4n) is 2.47. The molecule has 0 aliphatic carbocycles. The molecule has 3 rings (SSSR count). The largest absolute Gasteiger partial charge is 0.486 e. The Morgan fingerprint density at radius 3 is 2.82 bits per heavy atom. The van der Waals surface area contributed by atoms with Crippen LogP contribution in [0, 0.1) is 12.7 Å². The van der Waals surface area contributed by atoms with Crippen molar-refractivity contribution in [1.82, 2.24) is 20.3 Å². The van der Waals surface area contributed by atoms with Crippen molar-refractivity contribution in [3.8, 4) is 5.75 Å². The van der Waals surface area contributed by atoms with Crippen molar-refractivity contribution in [2.24, 2.45) is 0 Å². The van der Waals surface area contributed by atoms with Crippen molar-refractivity contribution < 1.29 is 19.0 Å². The molecule has 0 radical (unpaired) electrons. The third kappa shape index (κ3) is 5.18. The van der Waals surface area contributed by atoms with Crippen molar-refractivity contribution in [2.45, 2.75) is 20.1 Å². The Hall–Kier alpha value is -3.17. The highest BCUT2D eigenvalue weighted by atomic mass is 19.1. The van der Waals surface area contributed by atoms with Crippen LogP contribution >= 0.6 is 0 Å². The molecule has 0 saturated carbocycles. The van der Waals surface area contributed by atoms with Crippen LogP contribution in [0.3, 0.4) is 0 Å². The van der Waals surface area contributed by atoms with Crippen molar-refractivity contribution in [2.75, 3.05) is 13.7 Å². The van der Waals surface area contributed by atoms with Crippen LogP contribution in [-0.2, 0) is 17.9 Å². The Bertz CT molecular complexity index is 1010. The van der Waals surface area contributed by atoms with Gasteiger partial charge < -0.3 is 24.9 Å². The highest BCUT2D eigenvalue weighted by molar-refractivity contribution is 5.79. The molecule has 0 aliphatic rings. The molecule has 0 unspecified atom stereocenters. The van der Waals surface area contributed by atoms with Gasteiger partial charge in [-0.05, 0) is 36.8 Å². The van der Waals surface area contributed by atoms with E-state index in [9.17, 15) is 14.0 Å². The van der Waals surface area contributed by atoms with E-state index in [2.05, 4.69) is 20.3 Å². The Kier molecular flexibility index (Phi) is 7.73. The number of ether oxygens (including phenoxy) is 1. The maximum Gasteiger partial charge on any atom is 0.258 e. The fraction of sp³-hybridized carbons (Fsp3) is 0.263. The average molecular weight is 388 g/mol. The minimum Gasteiger partial charge on any atom is -0.486 e. The van der Waals surface area contributed by atoms with E-state index in [1.165, 1.54) is 18.3 Å². The van der Waals surface area contributed by atoms with Gasteiger partial charge in [-0.15, -0.1) is 0 Å². The highest BCUT2D eigenvalue weighted by Gasteiger charge is 2.10. The van der Waals surface area contributed by atoms with Crippen molar-refractivity contribution in [1.29, 1.82) is 0 Å². The number of hydrogen-bond acceptors (Lipinski definition) is 7. The number of pyridine rings is 1. The van der Waals surface area contributed by atoms with Gasteiger partial charge in [-0.1, -0.05) is 0 Å². The van der Waals surface area contributed by atoms with Crippen LogP contribution < -0.4 is 15.6 Å². The second-order valence-electron chi connectivity index (χ2n) is 5.66. The number of nitrogens with zero attached hydrogens (tertiary/aromatic N) is 2. The molecule has 0 bridgehead atoms. The number of aldehydes is 1. The Morgan fingerprint density at radius 2 is 2.11 bits per heavy atom. The van der Waals surface area contributed by atoms with Crippen molar-refractivity contribution in [3.05, 3.63) is 63.7 Å². The topological polar surface area (TPSA) is 117 Å². The smallest absolute Gasteiger partial charge is 0.258 e. The van der Waals surface area contributed by atoms with E-state index in [0.717, 1.165) is 13.4 Å². The third-order valence-corrected chi connectivity index (χ3v) is 3.77. The normalized spacial score (nSPS) is 10.3. The summed E-state index contributed by atoms with van der Waals surface area (Å²) in [5.74, 6) is 0.493. The Balaban J connectivity index is 0.00000136. The predicted molar refractivity (Wildman–Crippen MR) is 102 cm³/mol. The summed E-state index contributed by atoms with van der Waals surface area (Å²) < 4.78 is 18.9. The number of aromatic nitrogens is 3. The van der Waals surface area contributed by atoms with Crippen LogP contribution in [0.2, 0.25) is 0 Å². The van der Waals surface area contributed by atoms with Crippen molar-refractivity contribution in [3.63, 3.8) is 0 Å². The number of aromatic amines is 1. The van der Waals surface area contributed by atoms with Gasteiger partial charge in [0.2, 0.25) is 0 Å². The van der Waals surface area contributed by atoms with Gasteiger partial charge in [0.05, 0.1) is 17.6 Å². The zero-order chi connectivity index (χ0) is 20.5. The first kappa shape index (κ1) is 21.1. The van der Waals surface area contributed by atoms with E-state index in [0.29, 0.717) is 40.3 Å². The van der Waals surface area contributed by atoms with Gasteiger partial charge in [0.1, 0.15) is 35.8 Å². The molecule has 0 atom stereocenters. The molecule has 0 saturated heterocycles. The summed E-state index contributed by atoms with van der Waals surface area (Å²) in [5, 5.41) is 10.3. The predicted octanol–water partition coefficient (Wildman–Crippen LogP) is 1.24. The number of hydrogen-bond donors (Lipinski definition) is 3. The fourth-order valence-corrected chi connectivity index (χ4v) is 2.47. The summed E-state index contributed by atoms with van der Waals surface area (Å²) in [6.45, 7) is 2.15. The van der Waals surface area contributed by atoms with Gasteiger partial charge in [-0.3, -0.25) is 9.78 Å². The molecule has 0 fully saturated rings. The van der Waals surface area contributed by atoms with Crippen LogP contribution in [0.4, 0.5) is 4.39 Å². The van der Waals surface area contributed by atoms with Crippen LogP contribution in [-0.4, -0.2) is 40.0 Å². The van der Waals surface area contributed by atoms with E-state index in [-0.39, 0.29) is 24.5 Å². The quantitative estimate of drug-likeness (QED) is 0.412. The van der Waals surface area contributed by atoms with Crippen LogP contribution in [0.25, 0.3) is 10.9 Å². The number of nitrogens with one attached hydrogen (secondary N) is 2. The number of H-pyrrole nitrogens is 1. The molecular formula is C19H21FN4O4. The minimum absolute atomic E-state index is 0.0202. The van der Waals surface area contributed by atoms with Gasteiger partial charge in [-0.25, -0.2) is 9.37 Å². The molecule has 0 aliphatic heterocycles. The lowest BCUT2D eigenvalue weighted by Gasteiger charge is -2.09. The van der Waals surface area contributed by atoms with Crippen molar-refractivity contribution >= 4 is 17.2 Å². The van der Waals surface area contributed by atoms with Gasteiger partial charge in [-0.2, -0.15) is 0 Å². The maximum atomic E-state index is 13.3. The van der Waals surface area contributed by atoms with Gasteiger partial charge >= 0.3 is 0 Å². The Labute approximate surface area is 160 Å². The zero-order valence-corrected chi connectivity index (χ0v) is 15.5. The average Bonchev–Trinajstić information content (AvgIpc) is 2.71. The lowest BCUT2D eigenvalue weighted by molar-refractivity contribution is -0.107. The van der Waals surface area contributed by atoms with E-state index in [4.69, 9.17) is 9.84 Å². The van der Waals surface area contributed by atoms with Crippen LogP contribution in [0.15, 0.2) is 35.3 Å². The molecule has 2 aromatic heterocycles.